The molecule has 136 valence electrons. The van der Waals surface area contributed by atoms with Gasteiger partial charge in [-0.05, 0) is 40.0 Å². The molecule has 0 spiro atoms. The molecule has 0 aliphatic rings. The first-order valence-corrected chi connectivity index (χ1v) is 8.47. The van der Waals surface area contributed by atoms with Gasteiger partial charge in [0, 0.05) is 19.6 Å². The molecule has 0 fully saturated rings. The Balaban J connectivity index is 2.20. The molecule has 0 unspecified atom stereocenters. The molecule has 0 bridgehead atoms. The fourth-order valence-corrected chi connectivity index (χ4v) is 1.88. The van der Waals surface area contributed by atoms with Gasteiger partial charge < -0.3 is 15.4 Å². The summed E-state index contributed by atoms with van der Waals surface area (Å²) in [4.78, 5) is 23.3. The lowest BCUT2D eigenvalue weighted by atomic mass is 10.2. The number of alkyl carbamates (subject to hydrolysis) is 1. The van der Waals surface area contributed by atoms with E-state index in [4.69, 9.17) is 4.74 Å². The monoisotopic (exact) mass is 339 g/mol. The summed E-state index contributed by atoms with van der Waals surface area (Å²) in [5, 5.41) is 13.3. The zero-order valence-corrected chi connectivity index (χ0v) is 15.1. The lowest BCUT2D eigenvalue weighted by Crippen LogP contribution is -2.33. The summed E-state index contributed by atoms with van der Waals surface area (Å²) in [5.41, 5.74) is -0.156. The van der Waals surface area contributed by atoms with Gasteiger partial charge in [0.15, 0.2) is 5.69 Å². The average molecular weight is 339 g/mol. The van der Waals surface area contributed by atoms with Crippen molar-refractivity contribution in [3.63, 3.8) is 0 Å². The minimum absolute atomic E-state index is 0.193. The highest BCUT2D eigenvalue weighted by atomic mass is 16.6. The highest BCUT2D eigenvalue weighted by molar-refractivity contribution is 5.91. The van der Waals surface area contributed by atoms with Gasteiger partial charge in [-0.1, -0.05) is 18.6 Å². The molecule has 8 heteroatoms. The number of ether oxygens (including phenoxy) is 1. The quantitative estimate of drug-likeness (QED) is 0.672. The Morgan fingerprint density at radius 3 is 2.54 bits per heavy atom. The van der Waals surface area contributed by atoms with Crippen LogP contribution < -0.4 is 10.6 Å². The van der Waals surface area contributed by atoms with Crippen molar-refractivity contribution in [1.29, 1.82) is 0 Å². The molecular formula is C16H29N5O3. The second-order valence-corrected chi connectivity index (χ2v) is 6.61. The highest BCUT2D eigenvalue weighted by Gasteiger charge is 2.15. The number of unbranched alkanes of at least 4 members (excludes halogenated alkanes) is 2. The molecule has 1 rings (SSSR count). The van der Waals surface area contributed by atoms with Gasteiger partial charge in [0.2, 0.25) is 0 Å². The van der Waals surface area contributed by atoms with Crippen LogP contribution in [0.15, 0.2) is 6.20 Å². The number of carbonyl (C=O) groups excluding carboxylic acids is 2. The predicted octanol–water partition coefficient (Wildman–Crippen LogP) is 2.11. The summed E-state index contributed by atoms with van der Waals surface area (Å²) >= 11 is 0. The summed E-state index contributed by atoms with van der Waals surface area (Å²) in [6, 6.07) is 0. The molecule has 0 saturated heterocycles. The number of hydrogen-bond donors (Lipinski definition) is 2. The van der Waals surface area contributed by atoms with Crippen LogP contribution in [0.5, 0.6) is 0 Å². The SMILES string of the molecule is CCCCNC(=O)c1cn(CCCCNC(=O)OC(C)(C)C)nn1. The molecule has 0 atom stereocenters. The predicted molar refractivity (Wildman–Crippen MR) is 90.7 cm³/mol. The van der Waals surface area contributed by atoms with Gasteiger partial charge in [0.25, 0.3) is 5.91 Å². The van der Waals surface area contributed by atoms with Gasteiger partial charge in [-0.15, -0.1) is 5.10 Å². The first-order chi connectivity index (χ1) is 11.3. The largest absolute Gasteiger partial charge is 0.444 e. The van der Waals surface area contributed by atoms with Crippen LogP contribution in [0.2, 0.25) is 0 Å². The fourth-order valence-electron chi connectivity index (χ4n) is 1.88. The van der Waals surface area contributed by atoms with Crippen molar-refractivity contribution < 1.29 is 14.3 Å². The number of hydrogen-bond acceptors (Lipinski definition) is 5. The van der Waals surface area contributed by atoms with Crippen molar-refractivity contribution in [3.8, 4) is 0 Å². The summed E-state index contributed by atoms with van der Waals surface area (Å²) in [6.45, 7) is 9.38. The Bertz CT molecular complexity index is 522. The van der Waals surface area contributed by atoms with Crippen LogP contribution in [0.3, 0.4) is 0 Å². The van der Waals surface area contributed by atoms with E-state index in [1.807, 2.05) is 20.8 Å². The van der Waals surface area contributed by atoms with E-state index in [-0.39, 0.29) is 5.91 Å². The number of amides is 2. The molecule has 0 saturated carbocycles. The van der Waals surface area contributed by atoms with E-state index < -0.39 is 11.7 Å². The van der Waals surface area contributed by atoms with Gasteiger partial charge in [0.1, 0.15) is 5.60 Å². The van der Waals surface area contributed by atoms with Crippen LogP contribution >= 0.6 is 0 Å². The number of rotatable bonds is 9. The first kappa shape index (κ1) is 19.9. The third-order valence-electron chi connectivity index (χ3n) is 3.07. The molecule has 24 heavy (non-hydrogen) atoms. The van der Waals surface area contributed by atoms with Crippen LogP contribution in [0, 0.1) is 0 Å². The zero-order valence-electron chi connectivity index (χ0n) is 15.1. The van der Waals surface area contributed by atoms with E-state index in [0.29, 0.717) is 25.3 Å². The lowest BCUT2D eigenvalue weighted by molar-refractivity contribution is 0.0526. The number of aryl methyl sites for hydroxylation is 1. The molecule has 8 nitrogen and oxygen atoms in total. The fraction of sp³-hybridized carbons (Fsp3) is 0.750. The van der Waals surface area contributed by atoms with Crippen molar-refractivity contribution in [2.24, 2.45) is 0 Å². The molecule has 2 N–H and O–H groups in total. The number of carbonyl (C=O) groups is 2. The molecule has 0 aromatic carbocycles. The molecule has 2 amide bonds. The second-order valence-electron chi connectivity index (χ2n) is 6.61. The lowest BCUT2D eigenvalue weighted by Gasteiger charge is -2.19. The van der Waals surface area contributed by atoms with E-state index >= 15 is 0 Å². The number of nitrogens with zero attached hydrogens (tertiary/aromatic N) is 3. The standard InChI is InChI=1S/C16H29N5O3/c1-5-6-9-17-14(22)13-12-21(20-19-13)11-8-7-10-18-15(23)24-16(2,3)4/h12H,5-11H2,1-4H3,(H,17,22)(H,18,23). The maximum absolute atomic E-state index is 11.8. The normalized spacial score (nSPS) is 11.2. The van der Waals surface area contributed by atoms with Gasteiger partial charge in [-0.3, -0.25) is 9.48 Å². The Labute approximate surface area is 143 Å². The van der Waals surface area contributed by atoms with Crippen LogP contribution in [0.1, 0.15) is 63.9 Å². The van der Waals surface area contributed by atoms with Gasteiger partial charge >= 0.3 is 6.09 Å². The summed E-state index contributed by atoms with van der Waals surface area (Å²) in [7, 11) is 0. The van der Waals surface area contributed by atoms with E-state index in [0.717, 1.165) is 25.7 Å². The van der Waals surface area contributed by atoms with Crippen LogP contribution in [0.25, 0.3) is 0 Å². The van der Waals surface area contributed by atoms with E-state index in [1.54, 1.807) is 10.9 Å². The van der Waals surface area contributed by atoms with Crippen molar-refractivity contribution in [2.45, 2.75) is 65.5 Å². The van der Waals surface area contributed by atoms with Crippen molar-refractivity contribution in [2.75, 3.05) is 13.1 Å². The minimum Gasteiger partial charge on any atom is -0.444 e. The van der Waals surface area contributed by atoms with E-state index in [1.165, 1.54) is 0 Å². The average Bonchev–Trinajstić information content (AvgIpc) is 2.94. The number of nitrogens with one attached hydrogen (secondary N) is 2. The summed E-state index contributed by atoms with van der Waals surface area (Å²) in [5.74, 6) is -0.193. The Hall–Kier alpha value is -2.12. The van der Waals surface area contributed by atoms with Gasteiger partial charge in [0.05, 0.1) is 6.20 Å². The Kier molecular flexibility index (Phi) is 8.21. The molecule has 0 aliphatic heterocycles. The highest BCUT2D eigenvalue weighted by Crippen LogP contribution is 2.06. The summed E-state index contributed by atoms with van der Waals surface area (Å²) in [6.07, 6.45) is 4.82. The minimum atomic E-state index is -0.487. The smallest absolute Gasteiger partial charge is 0.407 e. The maximum Gasteiger partial charge on any atom is 0.407 e. The first-order valence-electron chi connectivity index (χ1n) is 8.47. The second kappa shape index (κ2) is 9.89. The summed E-state index contributed by atoms with van der Waals surface area (Å²) < 4.78 is 6.79. The van der Waals surface area contributed by atoms with E-state index in [9.17, 15) is 9.59 Å². The van der Waals surface area contributed by atoms with Crippen molar-refractivity contribution in [3.05, 3.63) is 11.9 Å². The molecule has 0 radical (unpaired) electrons. The van der Waals surface area contributed by atoms with Crippen LogP contribution in [0.4, 0.5) is 4.79 Å². The third kappa shape index (κ3) is 8.50. The molecule has 1 aromatic rings. The van der Waals surface area contributed by atoms with Gasteiger partial charge in [-0.25, -0.2) is 4.79 Å². The van der Waals surface area contributed by atoms with Crippen molar-refractivity contribution >= 4 is 12.0 Å². The molecule has 1 heterocycles. The molecule has 1 aromatic heterocycles. The maximum atomic E-state index is 11.8. The zero-order chi connectivity index (χ0) is 18.0. The van der Waals surface area contributed by atoms with Crippen LogP contribution in [-0.4, -0.2) is 45.7 Å². The van der Waals surface area contributed by atoms with Crippen molar-refractivity contribution in [1.82, 2.24) is 25.6 Å². The van der Waals surface area contributed by atoms with E-state index in [2.05, 4.69) is 27.9 Å². The van der Waals surface area contributed by atoms with Crippen LogP contribution in [-0.2, 0) is 11.3 Å². The Morgan fingerprint density at radius 1 is 1.17 bits per heavy atom. The molecule has 0 aliphatic carbocycles. The topological polar surface area (TPSA) is 98.1 Å². The number of aromatic nitrogens is 3. The third-order valence-corrected chi connectivity index (χ3v) is 3.07. The van der Waals surface area contributed by atoms with Gasteiger partial charge in [-0.2, -0.15) is 0 Å². The molecular weight excluding hydrogens is 310 g/mol. The Morgan fingerprint density at radius 2 is 1.88 bits per heavy atom.